The number of halogens is 4. The highest BCUT2D eigenvalue weighted by Gasteiger charge is 2.38. The van der Waals surface area contributed by atoms with E-state index in [-0.39, 0.29) is 6.54 Å². The third-order valence-electron chi connectivity index (χ3n) is 3.07. The maximum absolute atomic E-state index is 12.2. The van der Waals surface area contributed by atoms with Gasteiger partial charge in [-0.2, -0.15) is 13.2 Å². The number of amides is 2. The van der Waals surface area contributed by atoms with Gasteiger partial charge in [-0.1, -0.05) is 29.8 Å². The second-order valence-electron chi connectivity index (χ2n) is 4.80. The Labute approximate surface area is 140 Å². The van der Waals surface area contributed by atoms with Crippen molar-refractivity contribution in [3.63, 3.8) is 0 Å². The van der Waals surface area contributed by atoms with Gasteiger partial charge >= 0.3 is 12.1 Å². The lowest BCUT2D eigenvalue weighted by Crippen LogP contribution is -2.36. The fourth-order valence-corrected chi connectivity index (χ4v) is 1.99. The first-order chi connectivity index (χ1) is 11.3. The van der Waals surface area contributed by atoms with Gasteiger partial charge in [-0.05, 0) is 35.9 Å². The first-order valence-corrected chi connectivity index (χ1v) is 7.15. The Bertz CT molecular complexity index is 746. The van der Waals surface area contributed by atoms with Crippen LogP contribution in [0, 0.1) is 0 Å². The molecule has 0 saturated heterocycles. The summed E-state index contributed by atoms with van der Waals surface area (Å²) >= 11 is 5.75. The number of alkyl halides is 3. The van der Waals surface area contributed by atoms with Crippen LogP contribution in [0.25, 0.3) is 0 Å². The zero-order valence-corrected chi connectivity index (χ0v) is 12.9. The molecule has 8 heteroatoms. The van der Waals surface area contributed by atoms with E-state index >= 15 is 0 Å². The number of carbonyl (C=O) groups excluding carboxylic acids is 2. The molecule has 0 spiro atoms. The maximum atomic E-state index is 12.2. The van der Waals surface area contributed by atoms with Crippen LogP contribution in [0.3, 0.4) is 0 Å². The molecule has 2 rings (SSSR count). The zero-order chi connectivity index (χ0) is 17.7. The lowest BCUT2D eigenvalue weighted by atomic mass is 10.1. The number of nitrogens with one attached hydrogen (secondary N) is 2. The number of para-hydroxylation sites is 1. The summed E-state index contributed by atoms with van der Waals surface area (Å²) in [5.74, 6) is -2.48. The Morgan fingerprint density at radius 2 is 1.62 bits per heavy atom. The molecule has 126 valence electrons. The lowest BCUT2D eigenvalue weighted by molar-refractivity contribution is -0.173. The minimum Gasteiger partial charge on any atom is -0.344 e. The molecule has 2 aromatic carbocycles. The van der Waals surface area contributed by atoms with Gasteiger partial charge < -0.3 is 10.6 Å². The predicted molar refractivity (Wildman–Crippen MR) is 83.7 cm³/mol. The van der Waals surface area contributed by atoms with E-state index in [1.165, 1.54) is 24.3 Å². The molecule has 2 aromatic rings. The van der Waals surface area contributed by atoms with Crippen LogP contribution in [0.1, 0.15) is 15.9 Å². The molecule has 0 fully saturated rings. The summed E-state index contributed by atoms with van der Waals surface area (Å²) in [7, 11) is 0. The Kier molecular flexibility index (Phi) is 5.46. The molecule has 0 atom stereocenters. The molecule has 2 amide bonds. The summed E-state index contributed by atoms with van der Waals surface area (Å²) in [5.41, 5.74) is 0.992. The van der Waals surface area contributed by atoms with Crippen molar-refractivity contribution >= 4 is 29.1 Å². The number of hydrogen-bond acceptors (Lipinski definition) is 2. The average molecular weight is 357 g/mol. The quantitative estimate of drug-likeness (QED) is 0.876. The van der Waals surface area contributed by atoms with E-state index < -0.39 is 18.0 Å². The molecule has 4 nitrogen and oxygen atoms in total. The third-order valence-corrected chi connectivity index (χ3v) is 3.32. The van der Waals surface area contributed by atoms with Crippen molar-refractivity contribution in [2.24, 2.45) is 0 Å². The molecule has 24 heavy (non-hydrogen) atoms. The number of rotatable bonds is 4. The molecule has 0 saturated carbocycles. The van der Waals surface area contributed by atoms with Gasteiger partial charge in [0.05, 0.1) is 0 Å². The highest BCUT2D eigenvalue weighted by Crippen LogP contribution is 2.19. The van der Waals surface area contributed by atoms with Crippen molar-refractivity contribution in [1.29, 1.82) is 0 Å². The third kappa shape index (κ3) is 4.73. The first-order valence-electron chi connectivity index (χ1n) is 6.77. The topological polar surface area (TPSA) is 58.2 Å². The largest absolute Gasteiger partial charge is 0.471 e. The predicted octanol–water partition coefficient (Wildman–Crippen LogP) is 3.77. The van der Waals surface area contributed by atoms with E-state index in [0.717, 1.165) is 0 Å². The van der Waals surface area contributed by atoms with Gasteiger partial charge in [-0.3, -0.25) is 9.59 Å². The molecular formula is C16H12ClF3N2O2. The fraction of sp³-hybridized carbons (Fsp3) is 0.125. The van der Waals surface area contributed by atoms with Crippen LogP contribution >= 0.6 is 11.6 Å². The van der Waals surface area contributed by atoms with Crippen molar-refractivity contribution in [3.05, 3.63) is 64.7 Å². The van der Waals surface area contributed by atoms with Crippen LogP contribution in [-0.2, 0) is 11.3 Å². The summed E-state index contributed by atoms with van der Waals surface area (Å²) in [6.45, 7) is -0.366. The van der Waals surface area contributed by atoms with E-state index in [2.05, 4.69) is 5.32 Å². The number of hydrogen-bond donors (Lipinski definition) is 2. The van der Waals surface area contributed by atoms with Gasteiger partial charge in [0, 0.05) is 22.8 Å². The molecule has 0 bridgehead atoms. The normalized spacial score (nSPS) is 11.0. The van der Waals surface area contributed by atoms with Gasteiger partial charge in [0.2, 0.25) is 0 Å². The summed E-state index contributed by atoms with van der Waals surface area (Å²) in [6.07, 6.45) is -4.96. The van der Waals surface area contributed by atoms with Crippen LogP contribution in [0.4, 0.5) is 18.9 Å². The zero-order valence-electron chi connectivity index (χ0n) is 12.2. The van der Waals surface area contributed by atoms with Crippen molar-refractivity contribution in [2.45, 2.75) is 12.7 Å². The highest BCUT2D eigenvalue weighted by atomic mass is 35.5. The second-order valence-corrected chi connectivity index (χ2v) is 5.24. The number of anilines is 1. The van der Waals surface area contributed by atoms with E-state index in [1.54, 1.807) is 29.6 Å². The molecule has 0 aliphatic heterocycles. The van der Waals surface area contributed by atoms with E-state index in [9.17, 15) is 22.8 Å². The van der Waals surface area contributed by atoms with Gasteiger partial charge in [-0.15, -0.1) is 0 Å². The van der Waals surface area contributed by atoms with Crippen LogP contribution in [0.15, 0.2) is 48.5 Å². The molecule has 2 N–H and O–H groups in total. The van der Waals surface area contributed by atoms with Gasteiger partial charge in [0.15, 0.2) is 0 Å². The molecule has 0 aromatic heterocycles. The SMILES string of the molecule is O=C(Nc1ccccc1CNC(=O)C(F)(F)F)c1ccc(Cl)cc1. The molecule has 0 aliphatic rings. The number of carbonyl (C=O) groups is 2. The Morgan fingerprint density at radius 3 is 2.25 bits per heavy atom. The standard InChI is InChI=1S/C16H12ClF3N2O2/c17-12-7-5-10(6-8-12)14(23)22-13-4-2-1-3-11(13)9-21-15(24)16(18,19)20/h1-8H,9H2,(H,21,24)(H,22,23). The molecule has 0 unspecified atom stereocenters. The minimum absolute atomic E-state index is 0.305. The van der Waals surface area contributed by atoms with Gasteiger partial charge in [0.25, 0.3) is 5.91 Å². The lowest BCUT2D eigenvalue weighted by Gasteiger charge is -2.13. The fourth-order valence-electron chi connectivity index (χ4n) is 1.87. The van der Waals surface area contributed by atoms with Crippen molar-refractivity contribution in [1.82, 2.24) is 5.32 Å². The van der Waals surface area contributed by atoms with Gasteiger partial charge in [0.1, 0.15) is 0 Å². The molecular weight excluding hydrogens is 345 g/mol. The van der Waals surface area contributed by atoms with Gasteiger partial charge in [-0.25, -0.2) is 0 Å². The summed E-state index contributed by atoms with van der Waals surface area (Å²) < 4.78 is 36.7. The molecule has 0 heterocycles. The highest BCUT2D eigenvalue weighted by molar-refractivity contribution is 6.30. The maximum Gasteiger partial charge on any atom is 0.471 e. The second kappa shape index (κ2) is 7.35. The van der Waals surface area contributed by atoms with E-state index in [0.29, 0.717) is 21.8 Å². The van der Waals surface area contributed by atoms with Crippen molar-refractivity contribution in [3.8, 4) is 0 Å². The minimum atomic E-state index is -4.96. The number of benzene rings is 2. The summed E-state index contributed by atoms with van der Waals surface area (Å²) in [4.78, 5) is 23.0. The van der Waals surface area contributed by atoms with Crippen LogP contribution < -0.4 is 10.6 Å². The molecule has 0 radical (unpaired) electrons. The Morgan fingerprint density at radius 1 is 1.00 bits per heavy atom. The van der Waals surface area contributed by atoms with Crippen LogP contribution in [-0.4, -0.2) is 18.0 Å². The average Bonchev–Trinajstić information content (AvgIpc) is 2.53. The monoisotopic (exact) mass is 356 g/mol. The van der Waals surface area contributed by atoms with Crippen LogP contribution in [0.5, 0.6) is 0 Å². The first kappa shape index (κ1) is 17.8. The summed E-state index contributed by atoms with van der Waals surface area (Å²) in [6, 6.07) is 12.4. The molecule has 0 aliphatic carbocycles. The van der Waals surface area contributed by atoms with Crippen molar-refractivity contribution < 1.29 is 22.8 Å². The van der Waals surface area contributed by atoms with Crippen LogP contribution in [0.2, 0.25) is 5.02 Å². The van der Waals surface area contributed by atoms with E-state index in [4.69, 9.17) is 11.6 Å². The Hall–Kier alpha value is -2.54. The summed E-state index contributed by atoms with van der Waals surface area (Å²) in [5, 5.41) is 4.84. The van der Waals surface area contributed by atoms with E-state index in [1.807, 2.05) is 0 Å². The smallest absolute Gasteiger partial charge is 0.344 e. The Balaban J connectivity index is 2.10. The van der Waals surface area contributed by atoms with Crippen molar-refractivity contribution in [2.75, 3.05) is 5.32 Å².